The highest BCUT2D eigenvalue weighted by molar-refractivity contribution is 6.31. The molecular formula is C9H5ClN. The average Bonchev–Trinajstić information content (AvgIpc) is 2.04. The van der Waals surface area contributed by atoms with Gasteiger partial charge in [-0.05, 0) is 18.2 Å². The van der Waals surface area contributed by atoms with Gasteiger partial charge in [-0.15, -0.1) is 0 Å². The summed E-state index contributed by atoms with van der Waals surface area (Å²) in [5.41, 5.74) is 0.928. The van der Waals surface area contributed by atoms with Crippen molar-refractivity contribution < 1.29 is 0 Å². The lowest BCUT2D eigenvalue weighted by Crippen LogP contribution is -1.76. The third kappa shape index (κ3) is 1.19. The van der Waals surface area contributed by atoms with Crippen molar-refractivity contribution in [1.29, 1.82) is 0 Å². The number of halogens is 1. The maximum absolute atomic E-state index is 5.75. The van der Waals surface area contributed by atoms with Crippen LogP contribution in [0.5, 0.6) is 0 Å². The van der Waals surface area contributed by atoms with Crippen LogP contribution in [-0.2, 0) is 0 Å². The smallest absolute Gasteiger partial charge is 0.0709 e. The molecule has 0 aliphatic heterocycles. The fourth-order valence-electron chi connectivity index (χ4n) is 0.985. The van der Waals surface area contributed by atoms with E-state index in [9.17, 15) is 0 Å². The largest absolute Gasteiger partial charge is 0.255 e. The third-order valence-electron chi connectivity index (χ3n) is 1.50. The monoisotopic (exact) mass is 162 g/mol. The molecule has 1 heterocycles. The Morgan fingerprint density at radius 3 is 3.27 bits per heavy atom. The second-order valence-corrected chi connectivity index (χ2v) is 2.71. The first-order valence-corrected chi connectivity index (χ1v) is 3.65. The summed E-state index contributed by atoms with van der Waals surface area (Å²) in [6.45, 7) is 0. The second-order valence-electron chi connectivity index (χ2n) is 2.27. The van der Waals surface area contributed by atoms with Crippen molar-refractivity contribution in [3.8, 4) is 0 Å². The molecule has 53 valence electrons. The lowest BCUT2D eigenvalue weighted by atomic mass is 10.2. The molecule has 0 bridgehead atoms. The quantitative estimate of drug-likeness (QED) is 0.581. The molecule has 0 aliphatic rings. The fourth-order valence-corrected chi connectivity index (χ4v) is 1.15. The summed E-state index contributed by atoms with van der Waals surface area (Å²) in [6, 6.07) is 10.5. The third-order valence-corrected chi connectivity index (χ3v) is 1.70. The average molecular weight is 163 g/mol. The standard InChI is InChI=1S/C9H5ClN/c10-8-5-7-3-1-2-4-9(7)11-6-8/h1,3-6H. The molecule has 1 radical (unpaired) electrons. The first-order chi connectivity index (χ1) is 5.36. The molecule has 2 aromatic rings. The summed E-state index contributed by atoms with van der Waals surface area (Å²) < 4.78 is 0. The molecule has 0 N–H and O–H groups in total. The van der Waals surface area contributed by atoms with Gasteiger partial charge in [-0.25, -0.2) is 0 Å². The maximum atomic E-state index is 5.75. The van der Waals surface area contributed by atoms with Crippen LogP contribution in [0.4, 0.5) is 0 Å². The molecule has 2 rings (SSSR count). The van der Waals surface area contributed by atoms with Crippen molar-refractivity contribution in [3.63, 3.8) is 0 Å². The van der Waals surface area contributed by atoms with Crippen LogP contribution in [0.1, 0.15) is 0 Å². The molecule has 1 aromatic carbocycles. The predicted octanol–water partition coefficient (Wildman–Crippen LogP) is 2.69. The number of benzene rings is 1. The molecule has 1 aromatic heterocycles. The Morgan fingerprint density at radius 2 is 2.36 bits per heavy atom. The van der Waals surface area contributed by atoms with Gasteiger partial charge in [-0.2, -0.15) is 0 Å². The van der Waals surface area contributed by atoms with Crippen molar-refractivity contribution in [2.24, 2.45) is 0 Å². The van der Waals surface area contributed by atoms with Crippen molar-refractivity contribution >= 4 is 22.5 Å². The lowest BCUT2D eigenvalue weighted by Gasteiger charge is -1.94. The fraction of sp³-hybridized carbons (Fsp3) is 0. The lowest BCUT2D eigenvalue weighted by molar-refractivity contribution is 1.41. The molecule has 0 unspecified atom stereocenters. The van der Waals surface area contributed by atoms with Gasteiger partial charge in [-0.3, -0.25) is 4.98 Å². The van der Waals surface area contributed by atoms with E-state index >= 15 is 0 Å². The second kappa shape index (κ2) is 2.51. The molecule has 0 aliphatic carbocycles. The number of rotatable bonds is 0. The van der Waals surface area contributed by atoms with Crippen molar-refractivity contribution in [2.75, 3.05) is 0 Å². The van der Waals surface area contributed by atoms with E-state index in [0.29, 0.717) is 5.02 Å². The van der Waals surface area contributed by atoms with Crippen LogP contribution in [0, 0.1) is 6.07 Å². The van der Waals surface area contributed by atoms with Crippen molar-refractivity contribution in [1.82, 2.24) is 4.98 Å². The van der Waals surface area contributed by atoms with Crippen LogP contribution in [0.3, 0.4) is 0 Å². The van der Waals surface area contributed by atoms with E-state index in [1.807, 2.05) is 24.3 Å². The first kappa shape index (κ1) is 6.62. The molecule has 0 atom stereocenters. The van der Waals surface area contributed by atoms with Crippen LogP contribution in [-0.4, -0.2) is 4.98 Å². The Kier molecular flexibility index (Phi) is 1.51. The van der Waals surface area contributed by atoms with E-state index in [2.05, 4.69) is 11.1 Å². The van der Waals surface area contributed by atoms with Crippen LogP contribution in [0.15, 0.2) is 30.5 Å². The zero-order chi connectivity index (χ0) is 7.68. The van der Waals surface area contributed by atoms with Gasteiger partial charge in [0.05, 0.1) is 10.5 Å². The van der Waals surface area contributed by atoms with E-state index in [0.717, 1.165) is 10.9 Å². The summed E-state index contributed by atoms with van der Waals surface area (Å²) in [5.74, 6) is 0. The van der Waals surface area contributed by atoms with E-state index in [-0.39, 0.29) is 0 Å². The number of hydrogen-bond donors (Lipinski definition) is 0. The topological polar surface area (TPSA) is 12.9 Å². The zero-order valence-electron chi connectivity index (χ0n) is 5.71. The van der Waals surface area contributed by atoms with E-state index in [1.165, 1.54) is 0 Å². The Hall–Kier alpha value is -1.08. The number of pyridine rings is 1. The highest BCUT2D eigenvalue weighted by Crippen LogP contribution is 2.15. The van der Waals surface area contributed by atoms with Crippen LogP contribution in [0.2, 0.25) is 5.02 Å². The van der Waals surface area contributed by atoms with Crippen LogP contribution < -0.4 is 0 Å². The minimum atomic E-state index is 0.670. The van der Waals surface area contributed by atoms with Gasteiger partial charge in [0, 0.05) is 11.6 Å². The normalized spacial score (nSPS) is 10.3. The minimum Gasteiger partial charge on any atom is -0.255 e. The van der Waals surface area contributed by atoms with Gasteiger partial charge >= 0.3 is 0 Å². The minimum absolute atomic E-state index is 0.670. The number of hydrogen-bond acceptors (Lipinski definition) is 1. The summed E-state index contributed by atoms with van der Waals surface area (Å²) in [5, 5.41) is 1.72. The Bertz CT molecular complexity index is 384. The van der Waals surface area contributed by atoms with E-state index in [4.69, 9.17) is 11.6 Å². The zero-order valence-corrected chi connectivity index (χ0v) is 6.47. The Balaban J connectivity index is 2.83. The van der Waals surface area contributed by atoms with Crippen molar-refractivity contribution in [2.45, 2.75) is 0 Å². The highest BCUT2D eigenvalue weighted by atomic mass is 35.5. The van der Waals surface area contributed by atoms with Gasteiger partial charge in [0.1, 0.15) is 0 Å². The molecule has 0 saturated heterocycles. The Morgan fingerprint density at radius 1 is 1.45 bits per heavy atom. The van der Waals surface area contributed by atoms with Gasteiger partial charge in [0.25, 0.3) is 0 Å². The molecule has 11 heavy (non-hydrogen) atoms. The number of nitrogens with zero attached hydrogens (tertiary/aromatic N) is 1. The summed E-state index contributed by atoms with van der Waals surface area (Å²) in [7, 11) is 0. The summed E-state index contributed by atoms with van der Waals surface area (Å²) >= 11 is 5.75. The number of aromatic nitrogens is 1. The van der Waals surface area contributed by atoms with Gasteiger partial charge in [-0.1, -0.05) is 23.7 Å². The van der Waals surface area contributed by atoms with Gasteiger partial charge in [0.2, 0.25) is 0 Å². The summed E-state index contributed by atoms with van der Waals surface area (Å²) in [6.07, 6.45) is 1.64. The number of fused-ring (bicyclic) bond motifs is 1. The van der Waals surface area contributed by atoms with Crippen molar-refractivity contribution in [3.05, 3.63) is 41.6 Å². The van der Waals surface area contributed by atoms with E-state index < -0.39 is 0 Å². The summed E-state index contributed by atoms with van der Waals surface area (Å²) in [4.78, 5) is 4.12. The molecule has 0 fully saturated rings. The first-order valence-electron chi connectivity index (χ1n) is 3.27. The molecular weight excluding hydrogens is 158 g/mol. The molecule has 2 heteroatoms. The Labute approximate surface area is 69.6 Å². The van der Waals surface area contributed by atoms with Gasteiger partial charge < -0.3 is 0 Å². The maximum Gasteiger partial charge on any atom is 0.0709 e. The SMILES string of the molecule is Clc1cnc2c[c]ccc2c1. The van der Waals surface area contributed by atoms with Gasteiger partial charge in [0.15, 0.2) is 0 Å². The molecule has 0 amide bonds. The molecule has 0 saturated carbocycles. The molecule has 1 nitrogen and oxygen atoms in total. The van der Waals surface area contributed by atoms with Crippen LogP contribution >= 0.6 is 11.6 Å². The van der Waals surface area contributed by atoms with Crippen LogP contribution in [0.25, 0.3) is 10.9 Å². The highest BCUT2D eigenvalue weighted by Gasteiger charge is 1.92. The predicted molar refractivity (Wildman–Crippen MR) is 45.6 cm³/mol. The molecule has 0 spiro atoms. The van der Waals surface area contributed by atoms with E-state index in [1.54, 1.807) is 6.20 Å².